The van der Waals surface area contributed by atoms with Gasteiger partial charge in [-0.1, -0.05) is 35.9 Å². The number of nitrogens with zero attached hydrogens (tertiary/aromatic N) is 3. The second kappa shape index (κ2) is 10.5. The Morgan fingerprint density at radius 1 is 1.03 bits per heavy atom. The van der Waals surface area contributed by atoms with Crippen molar-refractivity contribution in [2.45, 2.75) is 11.8 Å². The Hall–Kier alpha value is -4.02. The second-order valence-electron chi connectivity index (χ2n) is 8.15. The smallest absolute Gasteiger partial charge is 0.295 e. The molecule has 0 aliphatic rings. The summed E-state index contributed by atoms with van der Waals surface area (Å²) in [5, 5.41) is 2.92. The number of hydrogen-bond donors (Lipinski definition) is 1. The SMILES string of the molecule is COc1ccc(S(=O)(=O)N(CC(=O)Nc2c(C)n(C)n(-c3ccccc3)c2=O)c2cccc(Cl)c2)cc1. The van der Waals surface area contributed by atoms with Gasteiger partial charge in [0.2, 0.25) is 5.91 Å². The molecule has 1 aromatic heterocycles. The van der Waals surface area contributed by atoms with Gasteiger partial charge in [0, 0.05) is 12.1 Å². The van der Waals surface area contributed by atoms with Crippen molar-refractivity contribution in [1.82, 2.24) is 9.36 Å². The summed E-state index contributed by atoms with van der Waals surface area (Å²) >= 11 is 6.13. The third kappa shape index (κ3) is 5.25. The first-order chi connectivity index (χ1) is 17.6. The van der Waals surface area contributed by atoms with Crippen molar-refractivity contribution < 1.29 is 17.9 Å². The molecule has 0 unspecified atom stereocenters. The van der Waals surface area contributed by atoms with E-state index in [1.165, 1.54) is 48.2 Å². The summed E-state index contributed by atoms with van der Waals surface area (Å²) in [6.45, 7) is 1.10. The minimum atomic E-state index is -4.18. The van der Waals surface area contributed by atoms with Gasteiger partial charge in [-0.15, -0.1) is 0 Å². The fourth-order valence-electron chi connectivity index (χ4n) is 3.84. The molecule has 0 fully saturated rings. The number of ether oxygens (including phenoxy) is 1. The molecule has 0 aliphatic heterocycles. The summed E-state index contributed by atoms with van der Waals surface area (Å²) in [5.74, 6) is -0.205. The van der Waals surface area contributed by atoms with Crippen LogP contribution in [0, 0.1) is 6.92 Å². The normalized spacial score (nSPS) is 11.2. The lowest BCUT2D eigenvalue weighted by Crippen LogP contribution is -2.38. The number of carbonyl (C=O) groups is 1. The summed E-state index contributed by atoms with van der Waals surface area (Å²) in [6, 6.07) is 21.0. The standard InChI is InChI=1S/C26H25ClN4O5S/c1-18-25(26(33)31(29(18)2)20-9-5-4-6-10-20)28-24(32)17-30(21-11-7-8-19(27)16-21)37(34,35)23-14-12-22(36-3)13-15-23/h4-16H,17H2,1-3H3,(H,28,32). The fourth-order valence-corrected chi connectivity index (χ4v) is 5.44. The maximum absolute atomic E-state index is 13.6. The predicted molar refractivity (Wildman–Crippen MR) is 143 cm³/mol. The van der Waals surface area contributed by atoms with E-state index in [1.54, 1.807) is 55.1 Å². The highest BCUT2D eigenvalue weighted by Gasteiger charge is 2.28. The van der Waals surface area contributed by atoms with Crippen LogP contribution >= 0.6 is 11.6 Å². The van der Waals surface area contributed by atoms with Crippen LogP contribution in [0.1, 0.15) is 5.69 Å². The lowest BCUT2D eigenvalue weighted by molar-refractivity contribution is -0.114. The second-order valence-corrected chi connectivity index (χ2v) is 10.5. The number of aromatic nitrogens is 2. The zero-order valence-corrected chi connectivity index (χ0v) is 22.0. The average Bonchev–Trinajstić information content (AvgIpc) is 3.10. The van der Waals surface area contributed by atoms with Crippen LogP contribution in [0.2, 0.25) is 5.02 Å². The van der Waals surface area contributed by atoms with Crippen molar-refractivity contribution in [3.63, 3.8) is 0 Å². The summed E-state index contributed by atoms with van der Waals surface area (Å²) in [6.07, 6.45) is 0. The van der Waals surface area contributed by atoms with Gasteiger partial charge >= 0.3 is 0 Å². The Morgan fingerprint density at radius 3 is 2.32 bits per heavy atom. The van der Waals surface area contributed by atoms with E-state index in [0.29, 0.717) is 22.2 Å². The summed E-state index contributed by atoms with van der Waals surface area (Å²) in [5.41, 5.74) is 0.955. The largest absolute Gasteiger partial charge is 0.497 e. The van der Waals surface area contributed by atoms with Crippen molar-refractivity contribution in [1.29, 1.82) is 0 Å². The number of sulfonamides is 1. The van der Waals surface area contributed by atoms with Gasteiger partial charge in [0.15, 0.2) is 0 Å². The number of amides is 1. The van der Waals surface area contributed by atoms with E-state index in [0.717, 1.165) is 4.31 Å². The third-order valence-electron chi connectivity index (χ3n) is 5.85. The average molecular weight is 541 g/mol. The first kappa shape index (κ1) is 26.1. The molecule has 3 aromatic carbocycles. The minimum Gasteiger partial charge on any atom is -0.497 e. The molecule has 4 rings (SSSR count). The molecule has 0 bridgehead atoms. The van der Waals surface area contributed by atoms with Crippen LogP contribution in [0.4, 0.5) is 11.4 Å². The van der Waals surface area contributed by atoms with Gasteiger partial charge in [-0.3, -0.25) is 18.6 Å². The molecule has 4 aromatic rings. The predicted octanol–water partition coefficient (Wildman–Crippen LogP) is 3.98. The molecule has 0 atom stereocenters. The molecule has 1 amide bonds. The Kier molecular flexibility index (Phi) is 7.42. The number of rotatable bonds is 8. The first-order valence-corrected chi connectivity index (χ1v) is 13.0. The van der Waals surface area contributed by atoms with E-state index in [2.05, 4.69) is 5.32 Å². The van der Waals surface area contributed by atoms with E-state index in [-0.39, 0.29) is 16.3 Å². The Balaban J connectivity index is 1.69. The third-order valence-corrected chi connectivity index (χ3v) is 7.87. The van der Waals surface area contributed by atoms with Crippen molar-refractivity contribution >= 4 is 38.9 Å². The van der Waals surface area contributed by atoms with Crippen molar-refractivity contribution in [3.8, 4) is 11.4 Å². The monoisotopic (exact) mass is 540 g/mol. The number of nitrogens with one attached hydrogen (secondary N) is 1. The highest BCUT2D eigenvalue weighted by molar-refractivity contribution is 7.92. The molecule has 192 valence electrons. The number of carbonyl (C=O) groups excluding carboxylic acids is 1. The van der Waals surface area contributed by atoms with Gasteiger partial charge in [-0.25, -0.2) is 13.1 Å². The van der Waals surface area contributed by atoms with E-state index < -0.39 is 28.0 Å². The van der Waals surface area contributed by atoms with Gasteiger partial charge in [0.25, 0.3) is 15.6 Å². The quantitative estimate of drug-likeness (QED) is 0.364. The van der Waals surface area contributed by atoms with Crippen LogP contribution in [0.25, 0.3) is 5.69 Å². The number of hydrogen-bond acceptors (Lipinski definition) is 5. The molecule has 0 aliphatic carbocycles. The molecule has 0 saturated heterocycles. The molecule has 11 heteroatoms. The van der Waals surface area contributed by atoms with E-state index >= 15 is 0 Å². The molecular weight excluding hydrogens is 516 g/mol. The molecule has 0 spiro atoms. The molecule has 37 heavy (non-hydrogen) atoms. The lowest BCUT2D eigenvalue weighted by atomic mass is 10.3. The number of methoxy groups -OCH3 is 1. The fraction of sp³-hybridized carbons (Fsp3) is 0.154. The number of anilines is 2. The van der Waals surface area contributed by atoms with Crippen molar-refractivity contribution in [2.24, 2.45) is 7.05 Å². The minimum absolute atomic E-state index is 0.0385. The van der Waals surface area contributed by atoms with Crippen LogP contribution in [0.5, 0.6) is 5.75 Å². The highest BCUT2D eigenvalue weighted by Crippen LogP contribution is 2.27. The topological polar surface area (TPSA) is 103 Å². The van der Waals surface area contributed by atoms with Gasteiger partial charge in [-0.05, 0) is 61.5 Å². The van der Waals surface area contributed by atoms with Crippen molar-refractivity contribution in [2.75, 3.05) is 23.3 Å². The van der Waals surface area contributed by atoms with E-state index in [4.69, 9.17) is 16.3 Å². The van der Waals surface area contributed by atoms with E-state index in [1.807, 2.05) is 6.07 Å². The molecule has 1 N–H and O–H groups in total. The van der Waals surface area contributed by atoms with Gasteiger partial charge in [0.05, 0.1) is 29.1 Å². The Bertz CT molecular complexity index is 1600. The summed E-state index contributed by atoms with van der Waals surface area (Å²) in [4.78, 5) is 26.3. The Labute approximate surface area is 219 Å². The maximum Gasteiger partial charge on any atom is 0.295 e. The molecule has 1 heterocycles. The summed E-state index contributed by atoms with van der Waals surface area (Å²) < 4.78 is 36.3. The van der Waals surface area contributed by atoms with Crippen LogP contribution in [-0.2, 0) is 21.9 Å². The van der Waals surface area contributed by atoms with Crippen LogP contribution in [0.15, 0.2) is 88.6 Å². The zero-order valence-electron chi connectivity index (χ0n) is 20.4. The van der Waals surface area contributed by atoms with Gasteiger partial charge in [0.1, 0.15) is 18.0 Å². The molecule has 0 radical (unpaired) electrons. The van der Waals surface area contributed by atoms with Gasteiger partial charge < -0.3 is 10.1 Å². The van der Waals surface area contributed by atoms with Gasteiger partial charge in [-0.2, -0.15) is 0 Å². The maximum atomic E-state index is 13.6. The van der Waals surface area contributed by atoms with Crippen LogP contribution in [-0.4, -0.2) is 37.3 Å². The highest BCUT2D eigenvalue weighted by atomic mass is 35.5. The van der Waals surface area contributed by atoms with Crippen LogP contribution < -0.4 is 19.9 Å². The van der Waals surface area contributed by atoms with E-state index in [9.17, 15) is 18.0 Å². The van der Waals surface area contributed by atoms with Crippen molar-refractivity contribution in [3.05, 3.63) is 99.9 Å². The lowest BCUT2D eigenvalue weighted by Gasteiger charge is -2.24. The molecule has 0 saturated carbocycles. The van der Waals surface area contributed by atoms with Crippen LogP contribution in [0.3, 0.4) is 0 Å². The number of benzene rings is 3. The Morgan fingerprint density at radius 2 is 1.70 bits per heavy atom. The number of para-hydroxylation sites is 1. The first-order valence-electron chi connectivity index (χ1n) is 11.2. The summed E-state index contributed by atoms with van der Waals surface area (Å²) in [7, 11) is -1.00. The number of halogens is 1. The zero-order chi connectivity index (χ0) is 26.7. The molecule has 9 nitrogen and oxygen atoms in total. The molecular formula is C26H25ClN4O5S.